The molecule has 1 saturated heterocycles. The SMILES string of the molecule is CCC(O)c1ccn(CCCN2CCCC2)c1. The van der Waals surface area contributed by atoms with Crippen molar-refractivity contribution in [2.45, 2.75) is 45.3 Å². The van der Waals surface area contributed by atoms with Crippen LogP contribution in [-0.2, 0) is 6.54 Å². The fourth-order valence-electron chi connectivity index (χ4n) is 2.51. The molecule has 0 spiro atoms. The van der Waals surface area contributed by atoms with Crippen LogP contribution >= 0.6 is 0 Å². The molecule has 1 unspecified atom stereocenters. The summed E-state index contributed by atoms with van der Waals surface area (Å²) in [7, 11) is 0. The van der Waals surface area contributed by atoms with Gasteiger partial charge in [-0.3, -0.25) is 0 Å². The number of hydrogen-bond acceptors (Lipinski definition) is 2. The molecule has 2 heterocycles. The first-order chi connectivity index (χ1) is 8.29. The number of aliphatic hydroxyl groups is 1. The molecule has 1 aliphatic rings. The number of hydrogen-bond donors (Lipinski definition) is 1. The molecule has 1 fully saturated rings. The summed E-state index contributed by atoms with van der Waals surface area (Å²) < 4.78 is 2.20. The standard InChI is InChI=1S/C14H24N2O/c1-2-14(17)13-6-11-16(12-13)10-5-9-15-7-3-4-8-15/h6,11-12,14,17H,2-5,7-10H2,1H3. The molecule has 0 aliphatic carbocycles. The van der Waals surface area contributed by atoms with Crippen LogP contribution in [0.1, 0.15) is 44.3 Å². The normalized spacial score (nSPS) is 18.7. The number of likely N-dealkylation sites (tertiary alicyclic amines) is 1. The van der Waals surface area contributed by atoms with Crippen molar-refractivity contribution in [3.63, 3.8) is 0 Å². The van der Waals surface area contributed by atoms with Gasteiger partial charge in [0.1, 0.15) is 0 Å². The zero-order valence-corrected chi connectivity index (χ0v) is 10.8. The van der Waals surface area contributed by atoms with E-state index in [1.54, 1.807) is 0 Å². The fourth-order valence-corrected chi connectivity index (χ4v) is 2.51. The molecular weight excluding hydrogens is 212 g/mol. The van der Waals surface area contributed by atoms with E-state index in [1.165, 1.54) is 38.9 Å². The second kappa shape index (κ2) is 6.22. The summed E-state index contributed by atoms with van der Waals surface area (Å²) in [6.07, 6.45) is 8.60. The van der Waals surface area contributed by atoms with Gasteiger partial charge in [-0.25, -0.2) is 0 Å². The van der Waals surface area contributed by atoms with E-state index >= 15 is 0 Å². The van der Waals surface area contributed by atoms with Crippen LogP contribution in [-0.4, -0.2) is 34.2 Å². The molecule has 17 heavy (non-hydrogen) atoms. The van der Waals surface area contributed by atoms with E-state index in [0.29, 0.717) is 0 Å². The highest BCUT2D eigenvalue weighted by Crippen LogP contribution is 2.16. The number of aliphatic hydroxyl groups excluding tert-OH is 1. The molecule has 0 aromatic carbocycles. The fraction of sp³-hybridized carbons (Fsp3) is 0.714. The number of aromatic nitrogens is 1. The maximum Gasteiger partial charge on any atom is 0.0802 e. The van der Waals surface area contributed by atoms with Crippen LogP contribution < -0.4 is 0 Å². The molecule has 1 aliphatic heterocycles. The molecule has 1 aromatic rings. The highest BCUT2D eigenvalue weighted by molar-refractivity contribution is 5.13. The van der Waals surface area contributed by atoms with E-state index in [2.05, 4.69) is 21.9 Å². The van der Waals surface area contributed by atoms with E-state index in [-0.39, 0.29) is 6.10 Å². The van der Waals surface area contributed by atoms with Crippen molar-refractivity contribution in [2.75, 3.05) is 19.6 Å². The van der Waals surface area contributed by atoms with Gasteiger partial charge in [-0.05, 0) is 56.9 Å². The Morgan fingerprint density at radius 2 is 2.06 bits per heavy atom. The van der Waals surface area contributed by atoms with Crippen molar-refractivity contribution in [3.05, 3.63) is 24.0 Å². The highest BCUT2D eigenvalue weighted by Gasteiger charge is 2.10. The van der Waals surface area contributed by atoms with Gasteiger partial charge in [-0.2, -0.15) is 0 Å². The Hall–Kier alpha value is -0.800. The summed E-state index contributed by atoms with van der Waals surface area (Å²) in [5.74, 6) is 0. The molecule has 2 rings (SSSR count). The minimum atomic E-state index is -0.296. The minimum Gasteiger partial charge on any atom is -0.388 e. The summed E-state index contributed by atoms with van der Waals surface area (Å²) >= 11 is 0. The Morgan fingerprint density at radius 3 is 2.76 bits per heavy atom. The second-order valence-corrected chi connectivity index (χ2v) is 5.01. The van der Waals surface area contributed by atoms with Crippen molar-refractivity contribution in [3.8, 4) is 0 Å². The number of aryl methyl sites for hydroxylation is 1. The third-order valence-corrected chi connectivity index (χ3v) is 3.63. The van der Waals surface area contributed by atoms with Gasteiger partial charge in [0, 0.05) is 18.9 Å². The Bertz CT molecular complexity index is 329. The average molecular weight is 236 g/mol. The topological polar surface area (TPSA) is 28.4 Å². The van der Waals surface area contributed by atoms with Gasteiger partial charge < -0.3 is 14.6 Å². The molecular formula is C14H24N2O. The van der Waals surface area contributed by atoms with E-state index in [9.17, 15) is 5.11 Å². The van der Waals surface area contributed by atoms with Gasteiger partial charge in [-0.15, -0.1) is 0 Å². The van der Waals surface area contributed by atoms with Crippen LogP contribution in [0.2, 0.25) is 0 Å². The van der Waals surface area contributed by atoms with Crippen LogP contribution in [0.3, 0.4) is 0 Å². The van der Waals surface area contributed by atoms with Gasteiger partial charge in [0.05, 0.1) is 6.10 Å². The Balaban J connectivity index is 1.73. The van der Waals surface area contributed by atoms with E-state index in [0.717, 1.165) is 18.5 Å². The van der Waals surface area contributed by atoms with Gasteiger partial charge >= 0.3 is 0 Å². The first-order valence-electron chi connectivity index (χ1n) is 6.85. The number of nitrogens with zero attached hydrogens (tertiary/aromatic N) is 2. The first-order valence-corrected chi connectivity index (χ1v) is 6.85. The lowest BCUT2D eigenvalue weighted by molar-refractivity contribution is 0.173. The predicted molar refractivity (Wildman–Crippen MR) is 70.0 cm³/mol. The third-order valence-electron chi connectivity index (χ3n) is 3.63. The van der Waals surface area contributed by atoms with Crippen LogP contribution in [0.5, 0.6) is 0 Å². The molecule has 1 N–H and O–H groups in total. The van der Waals surface area contributed by atoms with Gasteiger partial charge in [0.2, 0.25) is 0 Å². The van der Waals surface area contributed by atoms with Crippen molar-refractivity contribution in [2.24, 2.45) is 0 Å². The van der Waals surface area contributed by atoms with E-state index in [1.807, 2.05) is 13.0 Å². The summed E-state index contributed by atoms with van der Waals surface area (Å²) in [4.78, 5) is 2.55. The lowest BCUT2D eigenvalue weighted by Gasteiger charge is -2.14. The van der Waals surface area contributed by atoms with Gasteiger partial charge in [0.25, 0.3) is 0 Å². The third kappa shape index (κ3) is 3.58. The van der Waals surface area contributed by atoms with Crippen molar-refractivity contribution in [1.29, 1.82) is 0 Å². The average Bonchev–Trinajstić information content (AvgIpc) is 2.99. The van der Waals surface area contributed by atoms with Gasteiger partial charge in [0.15, 0.2) is 0 Å². The Labute approximate surface area is 104 Å². The molecule has 3 heteroatoms. The molecule has 0 saturated carbocycles. The molecule has 1 atom stereocenters. The quantitative estimate of drug-likeness (QED) is 0.821. The summed E-state index contributed by atoms with van der Waals surface area (Å²) in [5, 5.41) is 9.72. The Kier molecular flexibility index (Phi) is 4.63. The largest absolute Gasteiger partial charge is 0.388 e. The zero-order valence-electron chi connectivity index (χ0n) is 10.8. The maximum atomic E-state index is 9.72. The Morgan fingerprint density at radius 1 is 1.29 bits per heavy atom. The van der Waals surface area contributed by atoms with Crippen LogP contribution in [0.4, 0.5) is 0 Å². The highest BCUT2D eigenvalue weighted by atomic mass is 16.3. The predicted octanol–water partition coefficient (Wildman–Crippen LogP) is 2.42. The lowest BCUT2D eigenvalue weighted by Crippen LogP contribution is -2.21. The maximum absolute atomic E-state index is 9.72. The van der Waals surface area contributed by atoms with Crippen LogP contribution in [0.25, 0.3) is 0 Å². The monoisotopic (exact) mass is 236 g/mol. The molecule has 0 amide bonds. The van der Waals surface area contributed by atoms with E-state index < -0.39 is 0 Å². The summed E-state index contributed by atoms with van der Waals surface area (Å²) in [6, 6.07) is 2.03. The molecule has 1 aromatic heterocycles. The number of rotatable bonds is 6. The lowest BCUT2D eigenvalue weighted by atomic mass is 10.1. The van der Waals surface area contributed by atoms with Crippen molar-refractivity contribution in [1.82, 2.24) is 9.47 Å². The minimum absolute atomic E-state index is 0.296. The van der Waals surface area contributed by atoms with Crippen LogP contribution in [0.15, 0.2) is 18.5 Å². The van der Waals surface area contributed by atoms with E-state index in [4.69, 9.17) is 0 Å². The van der Waals surface area contributed by atoms with Crippen LogP contribution in [0, 0.1) is 0 Å². The van der Waals surface area contributed by atoms with Crippen molar-refractivity contribution >= 4 is 0 Å². The first kappa shape index (κ1) is 12.7. The smallest absolute Gasteiger partial charge is 0.0802 e. The molecule has 0 bridgehead atoms. The van der Waals surface area contributed by atoms with Gasteiger partial charge in [-0.1, -0.05) is 6.92 Å². The summed E-state index contributed by atoms with van der Waals surface area (Å²) in [5.41, 5.74) is 1.05. The molecule has 3 nitrogen and oxygen atoms in total. The molecule has 96 valence electrons. The second-order valence-electron chi connectivity index (χ2n) is 5.01. The van der Waals surface area contributed by atoms with Crippen molar-refractivity contribution < 1.29 is 5.11 Å². The summed E-state index contributed by atoms with van der Waals surface area (Å²) in [6.45, 7) is 6.85. The molecule has 0 radical (unpaired) electrons. The zero-order chi connectivity index (χ0) is 12.1.